The summed E-state index contributed by atoms with van der Waals surface area (Å²) in [6.07, 6.45) is 7.54. The third kappa shape index (κ3) is 4.14. The fourth-order valence-corrected chi connectivity index (χ4v) is 7.41. The van der Waals surface area contributed by atoms with Gasteiger partial charge >= 0.3 is 12.1 Å². The fraction of sp³-hybridized carbons (Fsp3) is 0.680. The predicted octanol–water partition coefficient (Wildman–Crippen LogP) is 2.65. The van der Waals surface area contributed by atoms with Gasteiger partial charge in [-0.1, -0.05) is 25.5 Å². The van der Waals surface area contributed by atoms with Gasteiger partial charge in [0.25, 0.3) is 0 Å². The molecule has 0 aliphatic heterocycles. The number of ether oxygens (including phenoxy) is 1. The summed E-state index contributed by atoms with van der Waals surface area (Å²) in [5.74, 6) is -0.895. The average molecular weight is 460 g/mol. The lowest BCUT2D eigenvalue weighted by atomic mass is 9.46. The minimum atomic E-state index is -1.03. The van der Waals surface area contributed by atoms with Gasteiger partial charge in [-0.2, -0.15) is 0 Å². The largest absolute Gasteiger partial charge is 0.481 e. The number of carbonyl (C=O) groups excluding carboxylic acids is 3. The maximum atomic E-state index is 13.0. The molecule has 3 saturated carbocycles. The van der Waals surface area contributed by atoms with E-state index in [2.05, 4.69) is 19.2 Å². The molecule has 0 aromatic heterocycles. The minimum absolute atomic E-state index is 0.00888. The first-order valence-corrected chi connectivity index (χ1v) is 11.8. The number of carboxylic acid groups (broad SMARTS) is 1. The number of hydrogen-bond donors (Lipinski definition) is 3. The summed E-state index contributed by atoms with van der Waals surface area (Å²) in [5, 5.41) is 22.3. The van der Waals surface area contributed by atoms with Crippen molar-refractivity contribution in [2.24, 2.45) is 34.5 Å². The third-order valence-electron chi connectivity index (χ3n) is 8.84. The number of hydrogen-bond acceptors (Lipinski definition) is 6. The monoisotopic (exact) mass is 459 g/mol. The van der Waals surface area contributed by atoms with E-state index >= 15 is 0 Å². The first-order valence-electron chi connectivity index (χ1n) is 11.8. The zero-order valence-electron chi connectivity index (χ0n) is 19.2. The van der Waals surface area contributed by atoms with Crippen molar-refractivity contribution in [3.05, 3.63) is 23.8 Å². The lowest BCUT2D eigenvalue weighted by Gasteiger charge is -2.58. The Hall–Kier alpha value is -2.48. The zero-order valence-corrected chi connectivity index (χ0v) is 19.2. The molecule has 0 radical (unpaired) electrons. The number of nitrogens with one attached hydrogen (secondary N) is 1. The Morgan fingerprint density at radius 3 is 2.70 bits per heavy atom. The molecular formula is C25H33NO7. The third-order valence-corrected chi connectivity index (χ3v) is 8.84. The highest BCUT2D eigenvalue weighted by molar-refractivity contribution is 6.01. The van der Waals surface area contributed by atoms with Crippen LogP contribution >= 0.6 is 0 Å². The molecule has 4 aliphatic carbocycles. The van der Waals surface area contributed by atoms with Crippen molar-refractivity contribution in [1.29, 1.82) is 0 Å². The van der Waals surface area contributed by atoms with Gasteiger partial charge in [-0.15, -0.1) is 0 Å². The van der Waals surface area contributed by atoms with E-state index in [-0.39, 0.29) is 65.6 Å². The number of allylic oxidation sites excluding steroid dienone is 4. The Labute approximate surface area is 193 Å². The Kier molecular flexibility index (Phi) is 6.24. The van der Waals surface area contributed by atoms with Gasteiger partial charge in [0.2, 0.25) is 0 Å². The minimum Gasteiger partial charge on any atom is -0.481 e. The fourth-order valence-electron chi connectivity index (χ4n) is 7.41. The summed E-state index contributed by atoms with van der Waals surface area (Å²) in [7, 11) is 0. The van der Waals surface area contributed by atoms with Crippen LogP contribution in [0.1, 0.15) is 52.4 Å². The number of carboxylic acids is 1. The molecule has 8 nitrogen and oxygen atoms in total. The van der Waals surface area contributed by atoms with Crippen LogP contribution in [-0.2, 0) is 19.1 Å². The van der Waals surface area contributed by atoms with E-state index in [1.165, 1.54) is 0 Å². The number of amides is 1. The van der Waals surface area contributed by atoms with Crippen molar-refractivity contribution in [1.82, 2.24) is 5.32 Å². The number of ketones is 2. The van der Waals surface area contributed by atoms with E-state index in [9.17, 15) is 24.3 Å². The molecule has 0 bridgehead atoms. The number of aliphatic hydroxyl groups is 1. The molecule has 0 aromatic carbocycles. The number of fused-ring (bicyclic) bond motifs is 5. The van der Waals surface area contributed by atoms with Crippen LogP contribution in [0.2, 0.25) is 0 Å². The highest BCUT2D eigenvalue weighted by Gasteiger charge is 2.62. The van der Waals surface area contributed by atoms with Crippen LogP contribution in [0.15, 0.2) is 23.8 Å². The molecule has 33 heavy (non-hydrogen) atoms. The van der Waals surface area contributed by atoms with Crippen molar-refractivity contribution in [3.63, 3.8) is 0 Å². The number of alkyl carbamates (subject to hydrolysis) is 1. The molecule has 4 rings (SSSR count). The second kappa shape index (κ2) is 8.70. The number of rotatable bonds is 6. The van der Waals surface area contributed by atoms with E-state index in [4.69, 9.17) is 9.84 Å². The van der Waals surface area contributed by atoms with Gasteiger partial charge in [0.05, 0.1) is 12.5 Å². The topological polar surface area (TPSA) is 130 Å². The van der Waals surface area contributed by atoms with Crippen LogP contribution in [0.5, 0.6) is 0 Å². The predicted molar refractivity (Wildman–Crippen MR) is 118 cm³/mol. The highest BCUT2D eigenvalue weighted by Crippen LogP contribution is 2.66. The molecule has 0 spiro atoms. The van der Waals surface area contributed by atoms with Crippen LogP contribution < -0.4 is 5.32 Å². The lowest BCUT2D eigenvalue weighted by molar-refractivity contribution is -0.141. The van der Waals surface area contributed by atoms with E-state index in [0.717, 1.165) is 24.8 Å². The van der Waals surface area contributed by atoms with Crippen LogP contribution in [0.4, 0.5) is 4.79 Å². The van der Waals surface area contributed by atoms with Gasteiger partial charge in [0, 0.05) is 23.8 Å². The second-order valence-electron chi connectivity index (χ2n) is 10.5. The van der Waals surface area contributed by atoms with Crippen molar-refractivity contribution in [2.75, 3.05) is 13.2 Å². The highest BCUT2D eigenvalue weighted by atomic mass is 16.6. The Bertz CT molecular complexity index is 924. The SMILES string of the molecule is CC12C=CC(=O)C=C1CCC1C2C(O)CC2(C)C(C(=O)COC(=O)NCCC(=O)O)CCC12. The van der Waals surface area contributed by atoms with Crippen LogP contribution in [-0.4, -0.2) is 53.1 Å². The van der Waals surface area contributed by atoms with Crippen LogP contribution in [0.25, 0.3) is 0 Å². The van der Waals surface area contributed by atoms with Gasteiger partial charge < -0.3 is 20.3 Å². The summed E-state index contributed by atoms with van der Waals surface area (Å²) >= 11 is 0. The maximum Gasteiger partial charge on any atom is 0.407 e. The summed E-state index contributed by atoms with van der Waals surface area (Å²) in [6.45, 7) is 3.80. The number of aliphatic carboxylic acids is 1. The number of aliphatic hydroxyl groups excluding tert-OH is 1. The molecule has 4 aliphatic rings. The van der Waals surface area contributed by atoms with Crippen molar-refractivity contribution >= 4 is 23.6 Å². The molecule has 1 amide bonds. The molecule has 0 heterocycles. The lowest BCUT2D eigenvalue weighted by Crippen LogP contribution is -2.56. The number of carbonyl (C=O) groups is 4. The smallest absolute Gasteiger partial charge is 0.407 e. The van der Waals surface area contributed by atoms with Crippen LogP contribution in [0, 0.1) is 34.5 Å². The van der Waals surface area contributed by atoms with Gasteiger partial charge in [0.1, 0.15) is 0 Å². The van der Waals surface area contributed by atoms with Gasteiger partial charge in [-0.3, -0.25) is 14.4 Å². The van der Waals surface area contributed by atoms with Gasteiger partial charge in [0.15, 0.2) is 18.2 Å². The normalized spacial score (nSPS) is 39.1. The molecule has 7 atom stereocenters. The van der Waals surface area contributed by atoms with Crippen LogP contribution in [0.3, 0.4) is 0 Å². The van der Waals surface area contributed by atoms with Crippen molar-refractivity contribution in [2.45, 2.75) is 58.5 Å². The number of Topliss-reactive ketones (excluding diaryl/α,β-unsaturated/α-hetero) is 1. The van der Waals surface area contributed by atoms with Gasteiger partial charge in [-0.05, 0) is 61.5 Å². The molecule has 3 N–H and O–H groups in total. The van der Waals surface area contributed by atoms with Gasteiger partial charge in [-0.25, -0.2) is 4.79 Å². The summed E-state index contributed by atoms with van der Waals surface area (Å²) in [5.41, 5.74) is 0.399. The first kappa shape index (κ1) is 23.7. The molecule has 8 heteroatoms. The van der Waals surface area contributed by atoms with E-state index < -0.39 is 18.2 Å². The molecule has 3 fully saturated rings. The zero-order chi connectivity index (χ0) is 24.0. The summed E-state index contributed by atoms with van der Waals surface area (Å²) in [6, 6.07) is 0. The van der Waals surface area contributed by atoms with E-state index in [1.54, 1.807) is 12.2 Å². The quantitative estimate of drug-likeness (QED) is 0.557. The Morgan fingerprint density at radius 1 is 1.21 bits per heavy atom. The average Bonchev–Trinajstić information content (AvgIpc) is 3.08. The molecular weight excluding hydrogens is 426 g/mol. The molecule has 7 unspecified atom stereocenters. The first-order chi connectivity index (χ1) is 15.6. The molecule has 180 valence electrons. The maximum absolute atomic E-state index is 13.0. The Morgan fingerprint density at radius 2 is 1.97 bits per heavy atom. The Balaban J connectivity index is 1.44. The van der Waals surface area contributed by atoms with Crippen molar-refractivity contribution in [3.8, 4) is 0 Å². The summed E-state index contributed by atoms with van der Waals surface area (Å²) < 4.78 is 5.05. The van der Waals surface area contributed by atoms with E-state index in [0.29, 0.717) is 12.8 Å². The molecule has 0 aromatic rings. The van der Waals surface area contributed by atoms with Crippen molar-refractivity contribution < 1.29 is 34.1 Å². The standard InChI is InChI=1S/C25H33NO7/c1-24-9-7-15(27)11-14(24)3-4-16-17-5-6-18(25(17,2)12-19(28)22(16)24)20(29)13-33-23(32)26-10-8-21(30)31/h7,9,11,16-19,22,28H,3-6,8,10,12-13H2,1-2H3,(H,26,32)(H,30,31). The molecule has 0 saturated heterocycles. The van der Waals surface area contributed by atoms with E-state index in [1.807, 2.05) is 6.08 Å². The summed E-state index contributed by atoms with van der Waals surface area (Å²) in [4.78, 5) is 47.3. The second-order valence-corrected chi connectivity index (χ2v) is 10.5.